The minimum absolute atomic E-state index is 0.0523. The van der Waals surface area contributed by atoms with Gasteiger partial charge in [-0.15, -0.1) is 11.3 Å². The van der Waals surface area contributed by atoms with Gasteiger partial charge in [0.1, 0.15) is 22.4 Å². The van der Waals surface area contributed by atoms with E-state index in [0.717, 1.165) is 11.3 Å². The van der Waals surface area contributed by atoms with Crippen LogP contribution >= 0.6 is 22.7 Å². The number of aryl methyl sites for hydroxylation is 1. The second kappa shape index (κ2) is 9.16. The van der Waals surface area contributed by atoms with Gasteiger partial charge in [0.05, 0.1) is 25.0 Å². The van der Waals surface area contributed by atoms with Crippen LogP contribution in [0.1, 0.15) is 38.8 Å². The number of carbonyl (C=O) groups is 3. The van der Waals surface area contributed by atoms with Gasteiger partial charge < -0.3 is 14.6 Å². The first-order chi connectivity index (χ1) is 15.9. The first-order valence-electron chi connectivity index (χ1n) is 10.0. The van der Waals surface area contributed by atoms with Gasteiger partial charge in [0.25, 0.3) is 5.78 Å². The SMILES string of the molecule is CCOc1cccc(C(O)=C2C(=O)C(=O)N(c3nc(C)c(C(=O)OC)s3)C2c2cccs2)c1. The second-order valence-electron chi connectivity index (χ2n) is 7.05. The van der Waals surface area contributed by atoms with Gasteiger partial charge >= 0.3 is 11.9 Å². The first-order valence-corrected chi connectivity index (χ1v) is 11.7. The minimum atomic E-state index is -0.892. The van der Waals surface area contributed by atoms with E-state index in [1.165, 1.54) is 23.3 Å². The molecule has 1 amide bonds. The third-order valence-electron chi connectivity index (χ3n) is 5.04. The molecule has 33 heavy (non-hydrogen) atoms. The molecule has 0 radical (unpaired) electrons. The number of benzene rings is 1. The van der Waals surface area contributed by atoms with Crippen LogP contribution in [0.5, 0.6) is 5.75 Å². The van der Waals surface area contributed by atoms with Crippen LogP contribution in [-0.4, -0.2) is 41.5 Å². The summed E-state index contributed by atoms with van der Waals surface area (Å²) in [5.41, 5.74) is 0.688. The normalized spacial score (nSPS) is 17.4. The van der Waals surface area contributed by atoms with Gasteiger partial charge in [-0.3, -0.25) is 14.5 Å². The molecule has 0 bridgehead atoms. The smallest absolute Gasteiger partial charge is 0.350 e. The molecular formula is C23H20N2O6S2. The molecule has 0 saturated carbocycles. The summed E-state index contributed by atoms with van der Waals surface area (Å²) < 4.78 is 10.3. The Balaban J connectivity index is 1.88. The molecule has 1 unspecified atom stereocenters. The number of hydrogen-bond acceptors (Lipinski definition) is 9. The Morgan fingerprint density at radius 2 is 2.03 bits per heavy atom. The Bertz CT molecular complexity index is 1260. The molecule has 10 heteroatoms. The fraction of sp³-hybridized carbons (Fsp3) is 0.217. The molecule has 3 heterocycles. The van der Waals surface area contributed by atoms with Crippen LogP contribution in [0.25, 0.3) is 5.76 Å². The number of Topliss-reactive ketones (excluding diaryl/α,β-unsaturated/α-hetero) is 1. The van der Waals surface area contributed by atoms with E-state index in [0.29, 0.717) is 28.5 Å². The van der Waals surface area contributed by atoms with Crippen molar-refractivity contribution in [3.8, 4) is 5.75 Å². The van der Waals surface area contributed by atoms with Crippen molar-refractivity contribution in [1.29, 1.82) is 0 Å². The number of aromatic nitrogens is 1. The highest BCUT2D eigenvalue weighted by molar-refractivity contribution is 7.18. The molecular weight excluding hydrogens is 464 g/mol. The van der Waals surface area contributed by atoms with E-state index in [2.05, 4.69) is 4.98 Å². The molecule has 1 saturated heterocycles. The summed E-state index contributed by atoms with van der Waals surface area (Å²) in [6, 6.07) is 9.37. The van der Waals surface area contributed by atoms with E-state index >= 15 is 0 Å². The first kappa shape index (κ1) is 22.7. The van der Waals surface area contributed by atoms with Gasteiger partial charge in [-0.2, -0.15) is 0 Å². The summed E-state index contributed by atoms with van der Waals surface area (Å²) in [7, 11) is 1.26. The summed E-state index contributed by atoms with van der Waals surface area (Å²) in [4.78, 5) is 44.9. The van der Waals surface area contributed by atoms with E-state index in [9.17, 15) is 19.5 Å². The molecule has 3 aromatic rings. The van der Waals surface area contributed by atoms with Crippen molar-refractivity contribution in [3.63, 3.8) is 0 Å². The summed E-state index contributed by atoms with van der Waals surface area (Å²) in [6.45, 7) is 3.91. The second-order valence-corrected chi connectivity index (χ2v) is 9.00. The number of carbonyl (C=O) groups excluding carboxylic acids is 3. The lowest BCUT2D eigenvalue weighted by atomic mass is 10.00. The number of thiophene rings is 1. The largest absolute Gasteiger partial charge is 0.507 e. The number of ether oxygens (including phenoxy) is 2. The van der Waals surface area contributed by atoms with Gasteiger partial charge in [0, 0.05) is 10.4 Å². The zero-order chi connectivity index (χ0) is 23.7. The lowest BCUT2D eigenvalue weighted by molar-refractivity contribution is -0.132. The Labute approximate surface area is 197 Å². The maximum atomic E-state index is 13.2. The predicted octanol–water partition coefficient (Wildman–Crippen LogP) is 4.32. The molecule has 1 aliphatic rings. The highest BCUT2D eigenvalue weighted by Crippen LogP contribution is 2.45. The van der Waals surface area contributed by atoms with E-state index < -0.39 is 23.7 Å². The van der Waals surface area contributed by atoms with Gasteiger partial charge in [0.15, 0.2) is 5.13 Å². The molecule has 1 aromatic carbocycles. The zero-order valence-corrected chi connectivity index (χ0v) is 19.7. The van der Waals surface area contributed by atoms with Crippen molar-refractivity contribution < 1.29 is 29.0 Å². The lowest BCUT2D eigenvalue weighted by Crippen LogP contribution is -2.29. The van der Waals surface area contributed by atoms with Crippen LogP contribution in [0, 0.1) is 6.92 Å². The van der Waals surface area contributed by atoms with Gasteiger partial charge in [-0.05, 0) is 37.4 Å². The number of amides is 1. The summed E-state index contributed by atoms with van der Waals surface area (Å²) in [6.07, 6.45) is 0. The summed E-state index contributed by atoms with van der Waals surface area (Å²) in [5.74, 6) is -2.02. The molecule has 4 rings (SSSR count). The van der Waals surface area contributed by atoms with E-state index in [1.807, 2.05) is 12.3 Å². The van der Waals surface area contributed by atoms with E-state index in [4.69, 9.17) is 9.47 Å². The average Bonchev–Trinajstić information content (AvgIpc) is 3.52. The Kier molecular flexibility index (Phi) is 6.30. The third kappa shape index (κ3) is 4.03. The number of aliphatic hydroxyl groups excluding tert-OH is 1. The quantitative estimate of drug-likeness (QED) is 0.240. The molecule has 1 aliphatic heterocycles. The number of rotatable bonds is 6. The fourth-order valence-electron chi connectivity index (χ4n) is 3.57. The molecule has 1 atom stereocenters. The van der Waals surface area contributed by atoms with Crippen LogP contribution < -0.4 is 9.64 Å². The van der Waals surface area contributed by atoms with E-state index in [1.54, 1.807) is 43.3 Å². The standard InChI is InChI=1S/C23H20N2O6S2/c1-4-31-14-8-5-7-13(11-14)18(26)16-17(15-9-6-10-32-15)25(21(28)19(16)27)23-24-12(2)20(33-23)22(29)30-3/h5-11,17,26H,4H2,1-3H3. The molecule has 170 valence electrons. The lowest BCUT2D eigenvalue weighted by Gasteiger charge is -2.21. The maximum Gasteiger partial charge on any atom is 0.350 e. The number of aliphatic hydroxyl groups is 1. The van der Waals surface area contributed by atoms with Crippen molar-refractivity contribution in [3.05, 3.63) is 68.4 Å². The average molecular weight is 485 g/mol. The van der Waals surface area contributed by atoms with Crippen LogP contribution in [0.2, 0.25) is 0 Å². The number of nitrogens with zero attached hydrogens (tertiary/aromatic N) is 2. The predicted molar refractivity (Wildman–Crippen MR) is 125 cm³/mol. The fourth-order valence-corrected chi connectivity index (χ4v) is 5.40. The van der Waals surface area contributed by atoms with Crippen LogP contribution in [0.3, 0.4) is 0 Å². The molecule has 2 aromatic heterocycles. The van der Waals surface area contributed by atoms with Crippen LogP contribution in [0.4, 0.5) is 5.13 Å². The number of hydrogen-bond donors (Lipinski definition) is 1. The van der Waals surface area contributed by atoms with Gasteiger partial charge in [-0.25, -0.2) is 9.78 Å². The highest BCUT2D eigenvalue weighted by Gasteiger charge is 2.49. The minimum Gasteiger partial charge on any atom is -0.507 e. The van der Waals surface area contributed by atoms with E-state index in [-0.39, 0.29) is 21.3 Å². The Morgan fingerprint density at radius 1 is 1.24 bits per heavy atom. The molecule has 0 spiro atoms. The molecule has 1 N–H and O–H groups in total. The van der Waals surface area contributed by atoms with Crippen molar-refractivity contribution in [1.82, 2.24) is 4.98 Å². The topological polar surface area (TPSA) is 106 Å². The van der Waals surface area contributed by atoms with Crippen molar-refractivity contribution in [2.45, 2.75) is 19.9 Å². The maximum absolute atomic E-state index is 13.2. The summed E-state index contributed by atoms with van der Waals surface area (Å²) in [5, 5.41) is 13.2. The monoisotopic (exact) mass is 484 g/mol. The van der Waals surface area contributed by atoms with Crippen molar-refractivity contribution in [2.75, 3.05) is 18.6 Å². The number of methoxy groups -OCH3 is 1. The Morgan fingerprint density at radius 3 is 2.70 bits per heavy atom. The number of thiazole rings is 1. The summed E-state index contributed by atoms with van der Waals surface area (Å²) >= 11 is 2.30. The zero-order valence-electron chi connectivity index (χ0n) is 18.0. The van der Waals surface area contributed by atoms with Crippen molar-refractivity contribution in [2.24, 2.45) is 0 Å². The molecule has 1 fully saturated rings. The number of esters is 1. The highest BCUT2D eigenvalue weighted by atomic mass is 32.1. The number of ketones is 1. The van der Waals surface area contributed by atoms with Crippen LogP contribution in [-0.2, 0) is 14.3 Å². The number of anilines is 1. The van der Waals surface area contributed by atoms with Crippen LogP contribution in [0.15, 0.2) is 47.4 Å². The van der Waals surface area contributed by atoms with Gasteiger partial charge in [0.2, 0.25) is 0 Å². The van der Waals surface area contributed by atoms with Gasteiger partial charge in [-0.1, -0.05) is 29.5 Å². The molecule has 0 aliphatic carbocycles. The molecule has 8 nitrogen and oxygen atoms in total. The Hall–Kier alpha value is -3.50. The third-order valence-corrected chi connectivity index (χ3v) is 7.10. The van der Waals surface area contributed by atoms with Crippen molar-refractivity contribution >= 4 is 51.2 Å².